The highest BCUT2D eigenvalue weighted by atomic mass is 32.2. The van der Waals surface area contributed by atoms with Crippen LogP contribution >= 0.6 is 11.8 Å². The first-order chi connectivity index (χ1) is 8.72. The minimum Gasteiger partial charge on any atom is -0.416 e. The van der Waals surface area contributed by atoms with Crippen LogP contribution in [0.15, 0.2) is 9.64 Å². The second-order valence-corrected chi connectivity index (χ2v) is 5.57. The molecule has 0 radical (unpaired) electrons. The Hall–Kier alpha value is -1.08. The predicted octanol–water partition coefficient (Wildman–Crippen LogP) is 0.764. The highest BCUT2D eigenvalue weighted by Gasteiger charge is 2.45. The number of nitrogens with one attached hydrogen (secondary N) is 1. The zero-order valence-corrected chi connectivity index (χ0v) is 10.9. The van der Waals surface area contributed by atoms with E-state index in [0.29, 0.717) is 28.9 Å². The van der Waals surface area contributed by atoms with Crippen molar-refractivity contribution in [2.75, 3.05) is 12.4 Å². The van der Waals surface area contributed by atoms with E-state index in [1.165, 1.54) is 11.8 Å². The first-order valence-electron chi connectivity index (χ1n) is 6.06. The SMILES string of the molecule is Cc1nnc(SCC(=O)N[C@@H]2C[C@H]3OCC[C@@H]23)o1. The first kappa shape index (κ1) is 12.0. The lowest BCUT2D eigenvalue weighted by molar-refractivity contribution is -0.121. The molecule has 1 saturated heterocycles. The van der Waals surface area contributed by atoms with Gasteiger partial charge in [-0.05, 0) is 12.8 Å². The van der Waals surface area contributed by atoms with Crippen LogP contribution in [0.5, 0.6) is 0 Å². The number of aryl methyl sites for hydroxylation is 1. The average Bonchev–Trinajstić information content (AvgIpc) is 2.90. The summed E-state index contributed by atoms with van der Waals surface area (Å²) in [6, 6.07) is 0.287. The van der Waals surface area contributed by atoms with Gasteiger partial charge in [0.25, 0.3) is 5.22 Å². The molecule has 3 atom stereocenters. The molecule has 6 nitrogen and oxygen atoms in total. The zero-order valence-electron chi connectivity index (χ0n) is 10.1. The first-order valence-corrected chi connectivity index (χ1v) is 7.05. The van der Waals surface area contributed by atoms with Crippen LogP contribution in [0.25, 0.3) is 0 Å². The number of aromatic nitrogens is 2. The molecule has 1 saturated carbocycles. The van der Waals surface area contributed by atoms with Gasteiger partial charge in [-0.25, -0.2) is 0 Å². The number of nitrogens with zero attached hydrogens (tertiary/aromatic N) is 2. The maximum Gasteiger partial charge on any atom is 0.277 e. The monoisotopic (exact) mass is 269 g/mol. The minimum atomic E-state index is 0.0196. The standard InChI is InChI=1S/C11H15N3O3S/c1-6-13-14-11(17-6)18-5-10(15)12-8-4-9-7(8)2-3-16-9/h7-9H,2-5H2,1H3,(H,12,15)/t7-,8+,9+/m0/s1. The third kappa shape index (κ3) is 2.37. The van der Waals surface area contributed by atoms with Gasteiger partial charge >= 0.3 is 0 Å². The Morgan fingerprint density at radius 2 is 2.44 bits per heavy atom. The van der Waals surface area contributed by atoms with Crippen molar-refractivity contribution < 1.29 is 13.9 Å². The van der Waals surface area contributed by atoms with Gasteiger partial charge in [-0.3, -0.25) is 4.79 Å². The zero-order chi connectivity index (χ0) is 12.5. The summed E-state index contributed by atoms with van der Waals surface area (Å²) in [5.74, 6) is 1.37. The molecule has 98 valence electrons. The maximum atomic E-state index is 11.8. The van der Waals surface area contributed by atoms with Crippen molar-refractivity contribution in [1.29, 1.82) is 0 Å². The molecule has 0 aromatic carbocycles. The number of carbonyl (C=O) groups excluding carboxylic acids is 1. The topological polar surface area (TPSA) is 77.2 Å². The predicted molar refractivity (Wildman–Crippen MR) is 64.2 cm³/mol. The molecule has 1 aliphatic heterocycles. The van der Waals surface area contributed by atoms with Crippen LogP contribution in [0.2, 0.25) is 0 Å². The van der Waals surface area contributed by atoms with E-state index in [1.807, 2.05) is 0 Å². The number of fused-ring (bicyclic) bond motifs is 1. The molecule has 2 heterocycles. The van der Waals surface area contributed by atoms with Gasteiger partial charge < -0.3 is 14.5 Å². The molecule has 7 heteroatoms. The van der Waals surface area contributed by atoms with Gasteiger partial charge in [0.2, 0.25) is 11.8 Å². The number of amides is 1. The van der Waals surface area contributed by atoms with Crippen LogP contribution in [0.3, 0.4) is 0 Å². The van der Waals surface area contributed by atoms with E-state index in [1.54, 1.807) is 6.92 Å². The molecule has 1 aliphatic carbocycles. The summed E-state index contributed by atoms with van der Waals surface area (Å²) in [6.07, 6.45) is 2.38. The van der Waals surface area contributed by atoms with Crippen LogP contribution in [0, 0.1) is 12.8 Å². The molecule has 0 unspecified atom stereocenters. The Morgan fingerprint density at radius 1 is 1.56 bits per heavy atom. The van der Waals surface area contributed by atoms with Gasteiger partial charge in [-0.2, -0.15) is 0 Å². The van der Waals surface area contributed by atoms with Crippen molar-refractivity contribution in [3.63, 3.8) is 0 Å². The van der Waals surface area contributed by atoms with Gasteiger partial charge in [0, 0.05) is 25.5 Å². The molecule has 3 rings (SSSR count). The number of thioether (sulfide) groups is 1. The molecule has 18 heavy (non-hydrogen) atoms. The van der Waals surface area contributed by atoms with Crippen molar-refractivity contribution in [3.8, 4) is 0 Å². The largest absolute Gasteiger partial charge is 0.416 e. The molecule has 2 aliphatic rings. The molecule has 2 fully saturated rings. The van der Waals surface area contributed by atoms with Gasteiger partial charge in [0.15, 0.2) is 0 Å². The Bertz CT molecular complexity index is 450. The fraction of sp³-hybridized carbons (Fsp3) is 0.727. The van der Waals surface area contributed by atoms with Gasteiger partial charge in [0.1, 0.15) is 0 Å². The summed E-state index contributed by atoms with van der Waals surface area (Å²) in [7, 11) is 0. The summed E-state index contributed by atoms with van der Waals surface area (Å²) in [4.78, 5) is 11.8. The average molecular weight is 269 g/mol. The van der Waals surface area contributed by atoms with Crippen molar-refractivity contribution in [1.82, 2.24) is 15.5 Å². The molecule has 1 amide bonds. The number of carbonyl (C=O) groups is 1. The summed E-state index contributed by atoms with van der Waals surface area (Å²) >= 11 is 1.27. The quantitative estimate of drug-likeness (QED) is 0.813. The summed E-state index contributed by atoms with van der Waals surface area (Å²) in [5.41, 5.74) is 0. The normalized spacial score (nSPS) is 29.7. The Kier molecular flexibility index (Phi) is 3.25. The molecule has 1 aromatic rings. The maximum absolute atomic E-state index is 11.8. The number of ether oxygens (including phenoxy) is 1. The van der Waals surface area contributed by atoms with Crippen LogP contribution in [0.1, 0.15) is 18.7 Å². The van der Waals surface area contributed by atoms with Gasteiger partial charge in [0.05, 0.1) is 11.9 Å². The lowest BCUT2D eigenvalue weighted by atomic mass is 9.76. The van der Waals surface area contributed by atoms with E-state index in [-0.39, 0.29) is 11.9 Å². The molecule has 0 spiro atoms. The van der Waals surface area contributed by atoms with E-state index in [4.69, 9.17) is 9.15 Å². The van der Waals surface area contributed by atoms with Crippen LogP contribution < -0.4 is 5.32 Å². The summed E-state index contributed by atoms with van der Waals surface area (Å²) in [6.45, 7) is 2.56. The van der Waals surface area contributed by atoms with Crippen molar-refractivity contribution in [3.05, 3.63) is 5.89 Å². The second-order valence-electron chi connectivity index (χ2n) is 4.65. The second kappa shape index (κ2) is 4.89. The Morgan fingerprint density at radius 3 is 3.17 bits per heavy atom. The van der Waals surface area contributed by atoms with E-state index in [2.05, 4.69) is 15.5 Å². The third-order valence-electron chi connectivity index (χ3n) is 3.44. The summed E-state index contributed by atoms with van der Waals surface area (Å²) < 4.78 is 10.7. The van der Waals surface area contributed by atoms with Crippen molar-refractivity contribution in [2.45, 2.75) is 37.1 Å². The van der Waals surface area contributed by atoms with Crippen molar-refractivity contribution >= 4 is 17.7 Å². The lowest BCUT2D eigenvalue weighted by Gasteiger charge is -2.39. The Labute approximate surface area is 109 Å². The highest BCUT2D eigenvalue weighted by Crippen LogP contribution is 2.38. The van der Waals surface area contributed by atoms with E-state index < -0.39 is 0 Å². The number of rotatable bonds is 4. The number of hydrogen-bond acceptors (Lipinski definition) is 6. The number of hydrogen-bond donors (Lipinski definition) is 1. The van der Waals surface area contributed by atoms with Crippen LogP contribution in [-0.2, 0) is 9.53 Å². The van der Waals surface area contributed by atoms with Crippen LogP contribution in [0.4, 0.5) is 0 Å². The van der Waals surface area contributed by atoms with Gasteiger partial charge in [-0.1, -0.05) is 11.8 Å². The molecule has 1 N–H and O–H groups in total. The molecule has 0 bridgehead atoms. The fourth-order valence-corrected chi connectivity index (χ4v) is 3.09. The smallest absolute Gasteiger partial charge is 0.277 e. The van der Waals surface area contributed by atoms with Crippen LogP contribution in [-0.4, -0.2) is 40.6 Å². The van der Waals surface area contributed by atoms with Crippen molar-refractivity contribution in [2.24, 2.45) is 5.92 Å². The molecule has 1 aromatic heterocycles. The molecular formula is C11H15N3O3S. The van der Waals surface area contributed by atoms with E-state index >= 15 is 0 Å². The fourth-order valence-electron chi connectivity index (χ4n) is 2.48. The van der Waals surface area contributed by atoms with E-state index in [9.17, 15) is 4.79 Å². The Balaban J connectivity index is 1.42. The summed E-state index contributed by atoms with van der Waals surface area (Å²) in [5, 5.41) is 11.0. The lowest BCUT2D eigenvalue weighted by Crippen LogP contribution is -2.53. The van der Waals surface area contributed by atoms with E-state index in [0.717, 1.165) is 19.4 Å². The third-order valence-corrected chi connectivity index (χ3v) is 4.26. The molecular weight excluding hydrogens is 254 g/mol. The highest BCUT2D eigenvalue weighted by molar-refractivity contribution is 7.99. The minimum absolute atomic E-state index is 0.0196. The van der Waals surface area contributed by atoms with Gasteiger partial charge in [-0.15, -0.1) is 10.2 Å².